The van der Waals surface area contributed by atoms with Crippen LogP contribution in [0.5, 0.6) is 5.75 Å². The van der Waals surface area contributed by atoms with Crippen molar-refractivity contribution >= 4 is 17.5 Å². The highest BCUT2D eigenvalue weighted by Crippen LogP contribution is 2.34. The molecule has 2 saturated heterocycles. The maximum absolute atomic E-state index is 14.0. The highest BCUT2D eigenvalue weighted by molar-refractivity contribution is 6.04. The Hall–Kier alpha value is -3.83. The summed E-state index contributed by atoms with van der Waals surface area (Å²) >= 11 is 0. The van der Waals surface area contributed by atoms with Crippen molar-refractivity contribution in [2.75, 3.05) is 51.6 Å². The minimum atomic E-state index is -4.58. The number of benzene rings is 2. The lowest BCUT2D eigenvalue weighted by molar-refractivity contribution is -0.138. The molecule has 0 unspecified atom stereocenters. The van der Waals surface area contributed by atoms with Gasteiger partial charge in [0.15, 0.2) is 0 Å². The van der Waals surface area contributed by atoms with Gasteiger partial charge in [0.05, 0.1) is 17.4 Å². The zero-order chi connectivity index (χ0) is 29.9. The second-order valence-corrected chi connectivity index (χ2v) is 11.0. The Kier molecular flexibility index (Phi) is 8.88. The maximum atomic E-state index is 14.0. The van der Waals surface area contributed by atoms with Crippen molar-refractivity contribution in [1.82, 2.24) is 14.7 Å². The quantitative estimate of drug-likeness (QED) is 0.407. The average Bonchev–Trinajstić information content (AvgIpc) is 3.51. The van der Waals surface area contributed by atoms with Crippen LogP contribution >= 0.6 is 0 Å². The van der Waals surface area contributed by atoms with Crippen LogP contribution in [0, 0.1) is 6.92 Å². The molecule has 3 heterocycles. The summed E-state index contributed by atoms with van der Waals surface area (Å²) in [6.07, 6.45) is -0.522. The second kappa shape index (κ2) is 12.6. The number of nitrogens with zero attached hydrogens (tertiary/aromatic N) is 3. The molecule has 2 aromatic carbocycles. The average molecular weight is 585 g/mol. The Balaban J connectivity index is 1.22. The second-order valence-electron chi connectivity index (χ2n) is 11.0. The molecule has 3 aromatic rings. The molecule has 0 bridgehead atoms. The summed E-state index contributed by atoms with van der Waals surface area (Å²) in [6.45, 7) is 6.12. The Morgan fingerprint density at radius 2 is 1.71 bits per heavy atom. The first-order valence-electron chi connectivity index (χ1n) is 14.1. The summed E-state index contributed by atoms with van der Waals surface area (Å²) in [7, 11) is 1.99. The fourth-order valence-corrected chi connectivity index (χ4v) is 5.30. The van der Waals surface area contributed by atoms with Crippen molar-refractivity contribution in [2.24, 2.45) is 0 Å². The fraction of sp³-hybridized carbons (Fsp3) is 0.419. The fourth-order valence-electron chi connectivity index (χ4n) is 5.30. The molecule has 8 nitrogen and oxygen atoms in total. The smallest absolute Gasteiger partial charge is 0.416 e. The van der Waals surface area contributed by atoms with E-state index in [0.717, 1.165) is 24.7 Å². The summed E-state index contributed by atoms with van der Waals surface area (Å²) < 4.78 is 53.2. The molecule has 1 N–H and O–H groups in total. The lowest BCUT2D eigenvalue weighted by Crippen LogP contribution is -2.44. The highest BCUT2D eigenvalue weighted by Gasteiger charge is 2.35. The van der Waals surface area contributed by atoms with Gasteiger partial charge in [0.1, 0.15) is 18.1 Å². The van der Waals surface area contributed by atoms with Crippen LogP contribution in [0.3, 0.4) is 0 Å². The number of alkyl halides is 3. The summed E-state index contributed by atoms with van der Waals surface area (Å²) in [4.78, 5) is 31.5. The normalized spacial score (nSPS) is 17.3. The van der Waals surface area contributed by atoms with Gasteiger partial charge in [0.2, 0.25) is 0 Å². The molecule has 2 fully saturated rings. The molecule has 224 valence electrons. The lowest BCUT2D eigenvalue weighted by Gasteiger charge is -2.33. The molecule has 0 radical (unpaired) electrons. The van der Waals surface area contributed by atoms with Crippen molar-refractivity contribution in [3.63, 3.8) is 0 Å². The Morgan fingerprint density at radius 3 is 2.38 bits per heavy atom. The van der Waals surface area contributed by atoms with Crippen LogP contribution in [0.4, 0.5) is 18.9 Å². The number of amides is 2. The number of furan rings is 1. The number of halogens is 3. The SMILES string of the molecule is Cc1ccc(NC(=O)c2ccc(CN3CCN(C)CC3)c(C(F)(F)F)c2)cc1OC1CCN(C(=O)c2ccoc2)CC1. The summed E-state index contributed by atoms with van der Waals surface area (Å²) in [5, 5.41) is 2.72. The van der Waals surface area contributed by atoms with E-state index >= 15 is 0 Å². The van der Waals surface area contributed by atoms with Gasteiger partial charge >= 0.3 is 6.18 Å². The van der Waals surface area contributed by atoms with E-state index in [9.17, 15) is 22.8 Å². The maximum Gasteiger partial charge on any atom is 0.416 e. The van der Waals surface area contributed by atoms with Crippen molar-refractivity contribution in [1.29, 1.82) is 0 Å². The molecule has 2 aliphatic heterocycles. The van der Waals surface area contributed by atoms with Gasteiger partial charge in [-0.15, -0.1) is 0 Å². The minimum Gasteiger partial charge on any atom is -0.490 e. The van der Waals surface area contributed by atoms with E-state index in [1.807, 2.05) is 18.9 Å². The van der Waals surface area contributed by atoms with E-state index in [1.165, 1.54) is 24.7 Å². The first-order valence-corrected chi connectivity index (χ1v) is 14.1. The van der Waals surface area contributed by atoms with Crippen LogP contribution in [0.2, 0.25) is 0 Å². The van der Waals surface area contributed by atoms with Crippen molar-refractivity contribution < 1.29 is 31.9 Å². The number of ether oxygens (including phenoxy) is 1. The van der Waals surface area contributed by atoms with E-state index in [4.69, 9.17) is 9.15 Å². The van der Waals surface area contributed by atoms with E-state index < -0.39 is 17.6 Å². The highest BCUT2D eigenvalue weighted by atomic mass is 19.4. The van der Waals surface area contributed by atoms with E-state index in [0.29, 0.717) is 56.0 Å². The number of likely N-dealkylation sites (N-methyl/N-ethyl adjacent to an activating group) is 1. The van der Waals surface area contributed by atoms with Crippen LogP contribution < -0.4 is 10.1 Å². The topological polar surface area (TPSA) is 78.3 Å². The third-order valence-electron chi connectivity index (χ3n) is 7.90. The zero-order valence-electron chi connectivity index (χ0n) is 23.7. The number of carbonyl (C=O) groups is 2. The number of likely N-dealkylation sites (tertiary alicyclic amines) is 1. The van der Waals surface area contributed by atoms with Crippen molar-refractivity contribution in [2.45, 2.75) is 38.6 Å². The number of anilines is 1. The van der Waals surface area contributed by atoms with Gasteiger partial charge in [-0.25, -0.2) is 0 Å². The molecule has 0 saturated carbocycles. The number of nitrogens with one attached hydrogen (secondary N) is 1. The molecule has 42 heavy (non-hydrogen) atoms. The lowest BCUT2D eigenvalue weighted by atomic mass is 10.0. The number of rotatable bonds is 7. The number of carbonyl (C=O) groups excluding carboxylic acids is 2. The zero-order valence-corrected chi connectivity index (χ0v) is 23.7. The van der Waals surface area contributed by atoms with Crippen LogP contribution in [0.25, 0.3) is 0 Å². The molecule has 0 aliphatic carbocycles. The summed E-state index contributed by atoms with van der Waals surface area (Å²) in [6, 6.07) is 10.6. The molecular weight excluding hydrogens is 549 g/mol. The van der Waals surface area contributed by atoms with Crippen LogP contribution in [-0.4, -0.2) is 78.9 Å². The first-order chi connectivity index (χ1) is 20.1. The van der Waals surface area contributed by atoms with Gasteiger partial charge in [0, 0.05) is 76.0 Å². The molecule has 0 spiro atoms. The largest absolute Gasteiger partial charge is 0.490 e. The number of hydrogen-bond donors (Lipinski definition) is 1. The van der Waals surface area contributed by atoms with Gasteiger partial charge in [-0.3, -0.25) is 14.5 Å². The predicted octanol–water partition coefficient (Wildman–Crippen LogP) is 5.29. The molecule has 2 amide bonds. The standard InChI is InChI=1S/C31H35F3N4O4/c1-21-3-6-25(18-28(21)42-26-7-10-38(11-8-26)30(40)24-9-16-41-20-24)35-29(39)22-4-5-23(27(17-22)31(32,33)34)19-37-14-12-36(2)13-15-37/h3-6,9,16-18,20,26H,7-8,10-15,19H2,1-2H3,(H,35,39). The molecule has 2 aliphatic rings. The van der Waals surface area contributed by atoms with Gasteiger partial charge < -0.3 is 24.3 Å². The van der Waals surface area contributed by atoms with Crippen LogP contribution in [0.15, 0.2) is 59.4 Å². The van der Waals surface area contributed by atoms with Gasteiger partial charge in [0.25, 0.3) is 11.8 Å². The van der Waals surface area contributed by atoms with Gasteiger partial charge in [-0.2, -0.15) is 13.2 Å². The number of piperidine rings is 1. The summed E-state index contributed by atoms with van der Waals surface area (Å²) in [5.41, 5.74) is 1.09. The third kappa shape index (κ3) is 7.14. The number of piperazine rings is 1. The monoisotopic (exact) mass is 584 g/mol. The molecule has 11 heteroatoms. The molecular formula is C31H35F3N4O4. The van der Waals surface area contributed by atoms with Gasteiger partial charge in [-0.05, 0) is 49.4 Å². The minimum absolute atomic E-state index is 0.0674. The predicted molar refractivity (Wildman–Crippen MR) is 152 cm³/mol. The van der Waals surface area contributed by atoms with E-state index in [-0.39, 0.29) is 29.7 Å². The summed E-state index contributed by atoms with van der Waals surface area (Å²) in [5.74, 6) is -0.137. The number of aryl methyl sites for hydroxylation is 1. The Morgan fingerprint density at radius 1 is 0.976 bits per heavy atom. The van der Waals surface area contributed by atoms with E-state index in [1.54, 1.807) is 29.2 Å². The molecule has 5 rings (SSSR count). The van der Waals surface area contributed by atoms with Crippen LogP contribution in [0.1, 0.15) is 50.2 Å². The van der Waals surface area contributed by atoms with Crippen molar-refractivity contribution in [3.05, 3.63) is 82.8 Å². The number of hydrogen-bond acceptors (Lipinski definition) is 6. The van der Waals surface area contributed by atoms with Crippen molar-refractivity contribution in [3.8, 4) is 5.75 Å². The first kappa shape index (κ1) is 29.7. The van der Waals surface area contributed by atoms with E-state index in [2.05, 4.69) is 10.2 Å². The molecule has 1 aromatic heterocycles. The van der Waals surface area contributed by atoms with Gasteiger partial charge in [-0.1, -0.05) is 12.1 Å². The Bertz CT molecular complexity index is 1390. The van der Waals surface area contributed by atoms with Crippen LogP contribution in [-0.2, 0) is 12.7 Å². The Labute approximate surface area is 243 Å². The molecule has 0 atom stereocenters. The third-order valence-corrected chi connectivity index (χ3v) is 7.90.